The summed E-state index contributed by atoms with van der Waals surface area (Å²) in [6, 6.07) is 0. The van der Waals surface area contributed by atoms with Crippen molar-refractivity contribution < 1.29 is 9.53 Å². The van der Waals surface area contributed by atoms with Crippen LogP contribution in [0.25, 0.3) is 0 Å². The molecule has 0 amide bonds. The zero-order chi connectivity index (χ0) is 6.69. The number of ether oxygens (including phenoxy) is 1. The molecule has 0 bridgehead atoms. The number of carbonyl (C=O) groups is 1. The molecule has 2 heteroatoms. The van der Waals surface area contributed by atoms with Crippen molar-refractivity contribution in [3.05, 3.63) is 12.3 Å². The summed E-state index contributed by atoms with van der Waals surface area (Å²) in [5.74, 6) is 2.13. The van der Waals surface area contributed by atoms with Gasteiger partial charge in [0, 0.05) is 0 Å². The van der Waals surface area contributed by atoms with Crippen LogP contribution in [0.15, 0.2) is 12.3 Å². The second-order valence-electron chi connectivity index (χ2n) is 1.80. The average Bonchev–Trinajstić information content (AvgIpc) is 1.88. The number of allylic oxidation sites excluding steroid dienone is 1. The van der Waals surface area contributed by atoms with Crippen LogP contribution in [0.3, 0.4) is 0 Å². The van der Waals surface area contributed by atoms with Gasteiger partial charge in [0.1, 0.15) is 0 Å². The van der Waals surface area contributed by atoms with Crippen LogP contribution in [0, 0.1) is 18.3 Å². The zero-order valence-corrected chi connectivity index (χ0v) is 4.83. The molecule has 2 nitrogen and oxygen atoms in total. The molecule has 1 heterocycles. The quantitative estimate of drug-likeness (QED) is 0.349. The van der Waals surface area contributed by atoms with E-state index in [0.29, 0.717) is 6.42 Å². The van der Waals surface area contributed by atoms with E-state index in [-0.39, 0.29) is 11.9 Å². The second kappa shape index (κ2) is 2.36. The number of esters is 1. The molecule has 46 valence electrons. The van der Waals surface area contributed by atoms with Crippen LogP contribution in [0.4, 0.5) is 0 Å². The Morgan fingerprint density at radius 2 is 2.67 bits per heavy atom. The fourth-order valence-corrected chi connectivity index (χ4v) is 0.620. The van der Waals surface area contributed by atoms with E-state index in [4.69, 9.17) is 6.42 Å². The van der Waals surface area contributed by atoms with E-state index in [1.54, 1.807) is 6.08 Å². The normalized spacial score (nSPS) is 24.8. The first kappa shape index (κ1) is 5.90. The van der Waals surface area contributed by atoms with Crippen LogP contribution in [-0.4, -0.2) is 5.97 Å². The Balaban J connectivity index is 2.62. The molecule has 0 aromatic heterocycles. The van der Waals surface area contributed by atoms with Gasteiger partial charge in [0.15, 0.2) is 0 Å². The van der Waals surface area contributed by atoms with E-state index in [9.17, 15) is 4.79 Å². The zero-order valence-electron chi connectivity index (χ0n) is 4.83. The lowest BCUT2D eigenvalue weighted by atomic mass is 10.1. The summed E-state index contributed by atoms with van der Waals surface area (Å²) in [6.07, 6.45) is 8.41. The Kier molecular flexibility index (Phi) is 1.55. The number of rotatable bonds is 0. The van der Waals surface area contributed by atoms with Crippen LogP contribution in [-0.2, 0) is 9.53 Å². The fraction of sp³-hybridized carbons (Fsp3) is 0.286. The first-order chi connectivity index (χ1) is 4.33. The highest BCUT2D eigenvalue weighted by molar-refractivity contribution is 5.72. The predicted molar refractivity (Wildman–Crippen MR) is 32.2 cm³/mol. The van der Waals surface area contributed by atoms with Gasteiger partial charge in [-0.1, -0.05) is 5.92 Å². The third-order valence-corrected chi connectivity index (χ3v) is 1.11. The molecule has 0 saturated carbocycles. The van der Waals surface area contributed by atoms with Crippen LogP contribution >= 0.6 is 0 Å². The van der Waals surface area contributed by atoms with Gasteiger partial charge in [0.25, 0.3) is 0 Å². The molecule has 0 N–H and O–H groups in total. The standard InChI is InChI=1S/C7H6O2/c1-2-6-3-4-9-7(8)5-6/h1,3-4,6H,5H2. The Bertz CT molecular complexity index is 186. The fourth-order valence-electron chi connectivity index (χ4n) is 0.620. The van der Waals surface area contributed by atoms with Crippen molar-refractivity contribution in [1.29, 1.82) is 0 Å². The van der Waals surface area contributed by atoms with Crippen molar-refractivity contribution in [2.45, 2.75) is 6.42 Å². The van der Waals surface area contributed by atoms with Crippen molar-refractivity contribution in [2.24, 2.45) is 5.92 Å². The van der Waals surface area contributed by atoms with Crippen LogP contribution in [0.1, 0.15) is 6.42 Å². The Morgan fingerprint density at radius 3 is 3.11 bits per heavy atom. The second-order valence-corrected chi connectivity index (χ2v) is 1.80. The lowest BCUT2D eigenvalue weighted by Crippen LogP contribution is -2.10. The molecule has 1 rings (SSSR count). The van der Waals surface area contributed by atoms with Crippen LogP contribution in [0.5, 0.6) is 0 Å². The summed E-state index contributed by atoms with van der Waals surface area (Å²) in [6.45, 7) is 0. The molecular formula is C7H6O2. The smallest absolute Gasteiger partial charge is 0.312 e. The first-order valence-corrected chi connectivity index (χ1v) is 2.65. The predicted octanol–water partition coefficient (Wildman–Crippen LogP) is 0.696. The number of hydrogen-bond acceptors (Lipinski definition) is 2. The maximum atomic E-state index is 10.5. The lowest BCUT2D eigenvalue weighted by molar-refractivity contribution is -0.139. The lowest BCUT2D eigenvalue weighted by Gasteiger charge is -2.07. The van der Waals surface area contributed by atoms with Gasteiger partial charge in [0.2, 0.25) is 0 Å². The van der Waals surface area contributed by atoms with E-state index in [1.807, 2.05) is 0 Å². The van der Waals surface area contributed by atoms with Gasteiger partial charge in [0.05, 0.1) is 18.6 Å². The van der Waals surface area contributed by atoms with Gasteiger partial charge in [-0.25, -0.2) is 0 Å². The third-order valence-electron chi connectivity index (χ3n) is 1.11. The molecule has 9 heavy (non-hydrogen) atoms. The van der Waals surface area contributed by atoms with Gasteiger partial charge in [-0.15, -0.1) is 6.42 Å². The summed E-state index contributed by atoms with van der Waals surface area (Å²) < 4.78 is 4.49. The van der Waals surface area contributed by atoms with Crippen molar-refractivity contribution in [3.8, 4) is 12.3 Å². The summed E-state index contributed by atoms with van der Waals surface area (Å²) in [5.41, 5.74) is 0. The van der Waals surface area contributed by atoms with E-state index >= 15 is 0 Å². The highest BCUT2D eigenvalue weighted by Gasteiger charge is 2.12. The molecule has 0 aromatic carbocycles. The molecule has 1 aliphatic rings. The molecule has 0 radical (unpaired) electrons. The molecule has 0 spiro atoms. The SMILES string of the molecule is C#CC1C=COC(=O)C1. The van der Waals surface area contributed by atoms with Gasteiger partial charge in [-0.2, -0.15) is 0 Å². The molecular weight excluding hydrogens is 116 g/mol. The molecule has 1 aliphatic heterocycles. The van der Waals surface area contributed by atoms with Gasteiger partial charge in [-0.3, -0.25) is 4.79 Å². The molecule has 1 unspecified atom stereocenters. The van der Waals surface area contributed by atoms with Gasteiger partial charge in [-0.05, 0) is 6.08 Å². The Hall–Kier alpha value is -1.23. The minimum atomic E-state index is -0.250. The minimum Gasteiger partial charge on any atom is -0.435 e. The topological polar surface area (TPSA) is 26.3 Å². The van der Waals surface area contributed by atoms with E-state index in [2.05, 4.69) is 10.7 Å². The Morgan fingerprint density at radius 1 is 1.89 bits per heavy atom. The van der Waals surface area contributed by atoms with Gasteiger partial charge < -0.3 is 4.74 Å². The molecule has 1 atom stereocenters. The summed E-state index contributed by atoms with van der Waals surface area (Å²) in [5, 5.41) is 0. The summed E-state index contributed by atoms with van der Waals surface area (Å²) >= 11 is 0. The highest BCUT2D eigenvalue weighted by atomic mass is 16.5. The summed E-state index contributed by atoms with van der Waals surface area (Å²) in [7, 11) is 0. The van der Waals surface area contributed by atoms with E-state index in [0.717, 1.165) is 0 Å². The minimum absolute atomic E-state index is 0.0637. The van der Waals surface area contributed by atoms with Crippen molar-refractivity contribution in [2.75, 3.05) is 0 Å². The first-order valence-electron chi connectivity index (χ1n) is 2.65. The number of carbonyl (C=O) groups excluding carboxylic acids is 1. The van der Waals surface area contributed by atoms with Crippen LogP contribution < -0.4 is 0 Å². The maximum Gasteiger partial charge on any atom is 0.312 e. The monoisotopic (exact) mass is 122 g/mol. The van der Waals surface area contributed by atoms with Crippen LogP contribution in [0.2, 0.25) is 0 Å². The maximum absolute atomic E-state index is 10.5. The number of terminal acetylenes is 1. The number of hydrogen-bond donors (Lipinski definition) is 0. The molecule has 0 aromatic rings. The molecule has 0 fully saturated rings. The van der Waals surface area contributed by atoms with Crippen molar-refractivity contribution >= 4 is 5.97 Å². The molecule has 0 aliphatic carbocycles. The van der Waals surface area contributed by atoms with E-state index in [1.165, 1.54) is 6.26 Å². The highest BCUT2D eigenvalue weighted by Crippen LogP contribution is 2.09. The van der Waals surface area contributed by atoms with E-state index < -0.39 is 0 Å². The Labute approximate surface area is 53.5 Å². The number of cyclic esters (lactones) is 1. The molecule has 0 saturated heterocycles. The average molecular weight is 122 g/mol. The van der Waals surface area contributed by atoms with Gasteiger partial charge >= 0.3 is 5.97 Å². The van der Waals surface area contributed by atoms with Crippen molar-refractivity contribution in [1.82, 2.24) is 0 Å². The summed E-state index contributed by atoms with van der Waals surface area (Å²) in [4.78, 5) is 10.5. The largest absolute Gasteiger partial charge is 0.435 e. The van der Waals surface area contributed by atoms with Crippen molar-refractivity contribution in [3.63, 3.8) is 0 Å². The third kappa shape index (κ3) is 1.33.